The number of carbonyl (C=O) groups is 3. The average molecular weight is 510 g/mol. The van der Waals surface area contributed by atoms with Crippen LogP contribution in [0.4, 0.5) is 0 Å². The lowest BCUT2D eigenvalue weighted by molar-refractivity contribution is -0.152. The van der Waals surface area contributed by atoms with E-state index in [1.165, 1.54) is 12.1 Å². The molecule has 1 amide bonds. The number of rotatable bonds is 2. The predicted octanol–water partition coefficient (Wildman–Crippen LogP) is 2.20. The maximum Gasteiger partial charge on any atom is 0.255 e. The Labute approximate surface area is 209 Å². The number of allylic oxidation sites excluding steroid dienone is 1. The number of aliphatic hydroxyl groups is 4. The highest BCUT2D eigenvalue weighted by Gasteiger charge is 2.63. The number of benzene rings is 2. The normalized spacial score (nSPS) is 28.6. The monoisotopic (exact) mass is 509 g/mol. The van der Waals surface area contributed by atoms with Crippen molar-refractivity contribution in [3.63, 3.8) is 0 Å². The minimum Gasteiger partial charge on any atom is -0.511 e. The van der Waals surface area contributed by atoms with Crippen molar-refractivity contribution in [1.82, 2.24) is 0 Å². The zero-order chi connectivity index (χ0) is 26.1. The fourth-order valence-electron chi connectivity index (χ4n) is 5.45. The largest absolute Gasteiger partial charge is 0.511 e. The van der Waals surface area contributed by atoms with Crippen molar-refractivity contribution in [1.29, 1.82) is 0 Å². The Morgan fingerprint density at radius 1 is 1.08 bits per heavy atom. The van der Waals surface area contributed by atoms with Crippen LogP contribution in [0.3, 0.4) is 0 Å². The molecule has 4 unspecified atom stereocenters. The number of phenols is 1. The second kappa shape index (κ2) is 8.06. The third kappa shape index (κ3) is 3.07. The van der Waals surface area contributed by atoms with Crippen LogP contribution < -0.4 is 5.73 Å². The Morgan fingerprint density at radius 2 is 1.78 bits per heavy atom. The molecule has 0 bridgehead atoms. The minimum atomic E-state index is -2.91. The number of ketones is 2. The molecule has 9 nitrogen and oxygen atoms in total. The van der Waals surface area contributed by atoms with Gasteiger partial charge in [-0.15, -0.1) is 0 Å². The van der Waals surface area contributed by atoms with Crippen molar-refractivity contribution in [2.75, 3.05) is 0 Å². The molecule has 3 aliphatic carbocycles. The van der Waals surface area contributed by atoms with E-state index in [2.05, 4.69) is 0 Å². The molecule has 0 radical (unpaired) electrons. The highest BCUT2D eigenvalue weighted by Crippen LogP contribution is 2.55. The molecule has 0 saturated heterocycles. The van der Waals surface area contributed by atoms with Crippen LogP contribution in [0.15, 0.2) is 65.1 Å². The Balaban J connectivity index is 1.84. The van der Waals surface area contributed by atoms with E-state index in [0.29, 0.717) is 10.6 Å². The third-order valence-electron chi connectivity index (χ3n) is 7.12. The molecule has 0 heterocycles. The first-order chi connectivity index (χ1) is 17.0. The maximum atomic E-state index is 13.6. The number of carbonyl (C=O) groups excluding carboxylic acids is 3. The van der Waals surface area contributed by atoms with Crippen LogP contribution in [0.1, 0.15) is 27.9 Å². The fraction of sp³-hybridized carbons (Fsp3) is 0.192. The number of hydrogen-bond acceptors (Lipinski definition) is 8. The molecule has 0 aliphatic heterocycles. The second-order valence-electron chi connectivity index (χ2n) is 8.97. The molecule has 2 aromatic rings. The van der Waals surface area contributed by atoms with Crippen molar-refractivity contribution in [3.8, 4) is 5.75 Å². The summed E-state index contributed by atoms with van der Waals surface area (Å²) >= 11 is 6.34. The van der Waals surface area contributed by atoms with Gasteiger partial charge < -0.3 is 31.3 Å². The van der Waals surface area contributed by atoms with Gasteiger partial charge in [-0.25, -0.2) is 0 Å². The van der Waals surface area contributed by atoms with Crippen molar-refractivity contribution < 1.29 is 39.9 Å². The van der Waals surface area contributed by atoms with Crippen LogP contribution in [0, 0.1) is 11.8 Å². The number of Topliss-reactive ketones (excluding diaryl/α,β-unsaturated/α-hetero) is 2. The summed E-state index contributed by atoms with van der Waals surface area (Å²) < 4.78 is 0. The van der Waals surface area contributed by atoms with Crippen molar-refractivity contribution in [2.45, 2.75) is 18.1 Å². The lowest BCUT2D eigenvalue weighted by atomic mass is 9.57. The van der Waals surface area contributed by atoms with Crippen LogP contribution in [-0.4, -0.2) is 54.7 Å². The third-order valence-corrected chi connectivity index (χ3v) is 7.46. The number of halogens is 1. The molecule has 0 aromatic heterocycles. The smallest absolute Gasteiger partial charge is 0.255 e. The van der Waals surface area contributed by atoms with Crippen LogP contribution in [0.2, 0.25) is 5.02 Å². The van der Waals surface area contributed by atoms with Gasteiger partial charge in [0.25, 0.3) is 5.91 Å². The first kappa shape index (κ1) is 23.8. The Hall–Kier alpha value is -3.92. The van der Waals surface area contributed by atoms with E-state index in [1.807, 2.05) is 0 Å². The molecule has 4 atom stereocenters. The average Bonchev–Trinajstić information content (AvgIpc) is 2.82. The van der Waals surface area contributed by atoms with Gasteiger partial charge >= 0.3 is 0 Å². The van der Waals surface area contributed by atoms with E-state index in [4.69, 9.17) is 17.3 Å². The summed E-state index contributed by atoms with van der Waals surface area (Å²) in [4.78, 5) is 38.5. The van der Waals surface area contributed by atoms with Gasteiger partial charge in [-0.05, 0) is 34.9 Å². The molecule has 184 valence electrons. The van der Waals surface area contributed by atoms with Crippen molar-refractivity contribution in [3.05, 3.63) is 86.8 Å². The summed E-state index contributed by atoms with van der Waals surface area (Å²) in [7, 11) is 0. The quantitative estimate of drug-likeness (QED) is 0.333. The highest BCUT2D eigenvalue weighted by molar-refractivity contribution is 6.32. The Kier molecular flexibility index (Phi) is 5.33. The number of phenolic OH excluding ortho intramolecular Hbond substituents is 1. The lowest BCUT2D eigenvalue weighted by Crippen LogP contribution is -2.62. The van der Waals surface area contributed by atoms with Gasteiger partial charge in [0.15, 0.2) is 11.4 Å². The van der Waals surface area contributed by atoms with Gasteiger partial charge in [-0.2, -0.15) is 0 Å². The molecule has 36 heavy (non-hydrogen) atoms. The van der Waals surface area contributed by atoms with Crippen LogP contribution in [0.25, 0.3) is 11.6 Å². The summed E-state index contributed by atoms with van der Waals surface area (Å²) in [6, 6.07) is 11.0. The molecule has 7 N–H and O–H groups in total. The second-order valence-corrected chi connectivity index (χ2v) is 9.38. The topological polar surface area (TPSA) is 178 Å². The zero-order valence-electron chi connectivity index (χ0n) is 18.5. The van der Waals surface area contributed by atoms with Crippen molar-refractivity contribution in [2.24, 2.45) is 17.6 Å². The summed E-state index contributed by atoms with van der Waals surface area (Å²) in [5, 5.41) is 55.4. The molecule has 10 heteroatoms. The molecular weight excluding hydrogens is 490 g/mol. The number of aliphatic hydroxyl groups excluding tert-OH is 3. The maximum absolute atomic E-state index is 13.6. The number of amides is 1. The molecule has 0 spiro atoms. The van der Waals surface area contributed by atoms with E-state index in [-0.39, 0.29) is 16.7 Å². The molecule has 3 aliphatic rings. The summed E-state index contributed by atoms with van der Waals surface area (Å²) in [5.41, 5.74) is 1.68. The summed E-state index contributed by atoms with van der Waals surface area (Å²) in [6.07, 6.45) is -0.682. The summed E-state index contributed by atoms with van der Waals surface area (Å²) in [5.74, 6) is -8.73. The van der Waals surface area contributed by atoms with Gasteiger partial charge in [-0.3, -0.25) is 14.4 Å². The van der Waals surface area contributed by atoms with Crippen molar-refractivity contribution >= 4 is 40.7 Å². The van der Waals surface area contributed by atoms with Gasteiger partial charge in [0.1, 0.15) is 22.8 Å². The predicted molar refractivity (Wildman–Crippen MR) is 128 cm³/mol. The summed E-state index contributed by atoms with van der Waals surface area (Å²) in [6.45, 7) is 0. The first-order valence-corrected chi connectivity index (χ1v) is 11.3. The van der Waals surface area contributed by atoms with E-state index >= 15 is 0 Å². The van der Waals surface area contributed by atoms with Crippen LogP contribution in [0.5, 0.6) is 5.75 Å². The number of aromatic hydroxyl groups is 1. The first-order valence-electron chi connectivity index (χ1n) is 10.9. The lowest BCUT2D eigenvalue weighted by Gasteiger charge is -2.49. The minimum absolute atomic E-state index is 0.209. The van der Waals surface area contributed by atoms with Crippen LogP contribution >= 0.6 is 11.6 Å². The molecule has 0 saturated carbocycles. The standard InChI is InChI=1S/C26H20ClNO8/c27-14-6-2-1-4-10(14)8-12-11-5-3-7-15(29)17(11)22(32)20-18(12)21(31)13-9-16(30)19(25(28)35)23(33)26(13,36)24(20)34/h1-8,13,18,21,29-31,34,36H,9H2,(H2,28,35)/b12-8+. The van der Waals surface area contributed by atoms with Gasteiger partial charge in [0.2, 0.25) is 5.78 Å². The van der Waals surface area contributed by atoms with E-state index in [9.17, 15) is 39.9 Å². The Morgan fingerprint density at radius 3 is 2.44 bits per heavy atom. The van der Waals surface area contributed by atoms with Gasteiger partial charge in [0, 0.05) is 23.3 Å². The van der Waals surface area contributed by atoms with E-state index in [1.54, 1.807) is 36.4 Å². The zero-order valence-corrected chi connectivity index (χ0v) is 19.2. The number of primary amides is 1. The number of fused-ring (bicyclic) bond motifs is 3. The fourth-order valence-corrected chi connectivity index (χ4v) is 5.64. The highest BCUT2D eigenvalue weighted by atomic mass is 35.5. The number of nitrogens with two attached hydrogens (primary N) is 1. The molecule has 5 rings (SSSR count). The Bertz CT molecular complexity index is 1470. The number of hydrogen-bond donors (Lipinski definition) is 6. The van der Waals surface area contributed by atoms with Crippen LogP contribution in [-0.2, 0) is 9.59 Å². The van der Waals surface area contributed by atoms with E-state index in [0.717, 1.165) is 0 Å². The SMILES string of the molecule is NC(=O)C1=C(O)CC2C(O)C3C(=C(O)C2(O)C1=O)C(=O)c1c(O)cccc1/C3=C\c1ccccc1Cl. The van der Waals surface area contributed by atoms with Gasteiger partial charge in [-0.1, -0.05) is 41.9 Å². The van der Waals surface area contributed by atoms with Gasteiger partial charge in [0.05, 0.1) is 17.2 Å². The molecule has 2 aromatic carbocycles. The molecular formula is C26H20ClNO8. The molecule has 0 fully saturated rings. The van der Waals surface area contributed by atoms with E-state index < -0.39 is 75.8 Å².